The molecule has 0 radical (unpaired) electrons. The van der Waals surface area contributed by atoms with Crippen LogP contribution in [0.4, 0.5) is 5.69 Å². The lowest BCUT2D eigenvalue weighted by Crippen LogP contribution is -2.25. The van der Waals surface area contributed by atoms with Crippen LogP contribution >= 0.6 is 23.4 Å². The Bertz CT molecular complexity index is 845. The number of nitrogens with zero attached hydrogens (tertiary/aromatic N) is 1. The highest BCUT2D eigenvalue weighted by molar-refractivity contribution is 8.15. The fraction of sp³-hybridized carbons (Fsp3) is 0.529. The Kier molecular flexibility index (Phi) is 6.67. The Labute approximate surface area is 168 Å². The summed E-state index contributed by atoms with van der Waals surface area (Å²) in [6.07, 6.45) is 0.747. The number of amidine groups is 1. The molecule has 0 aliphatic carbocycles. The average Bonchev–Trinajstić information content (AvgIpc) is 3.09. The van der Waals surface area contributed by atoms with Crippen LogP contribution in [0.3, 0.4) is 0 Å². The highest BCUT2D eigenvalue weighted by Gasteiger charge is 2.42. The third-order valence-corrected chi connectivity index (χ3v) is 7.71. The zero-order valence-corrected chi connectivity index (χ0v) is 17.3. The summed E-state index contributed by atoms with van der Waals surface area (Å²) in [4.78, 5) is 16.7. The van der Waals surface area contributed by atoms with Crippen LogP contribution in [0.25, 0.3) is 0 Å². The molecule has 1 aromatic rings. The van der Waals surface area contributed by atoms with Crippen LogP contribution in [-0.4, -0.2) is 62.0 Å². The molecule has 2 heterocycles. The first-order chi connectivity index (χ1) is 12.9. The lowest BCUT2D eigenvalue weighted by molar-refractivity contribution is 0.0944. The highest BCUT2D eigenvalue weighted by Crippen LogP contribution is 2.35. The number of carbonyl (C=O) groups is 1. The molecular formula is C17H22ClN3O4S2. The fourth-order valence-corrected chi connectivity index (χ4v) is 6.75. The first kappa shape index (κ1) is 20.4. The normalized spacial score (nSPS) is 23.0. The standard InChI is InChI=1S/C17H22ClN3O4S2/c1-2-25-7-3-6-19-16(22)11-4-5-12(18)13(8-11)20-17-21-14-9-27(23,24)10-15(14)26-17/h4-5,8,14-15H,2-3,6-7,9-10H2,1H3,(H,19,22)(H,20,21)/t14-,15-/m1/s1. The van der Waals surface area contributed by atoms with Crippen LogP contribution in [-0.2, 0) is 14.6 Å². The maximum Gasteiger partial charge on any atom is 0.251 e. The van der Waals surface area contributed by atoms with Crippen LogP contribution in [0.2, 0.25) is 5.02 Å². The third-order valence-electron chi connectivity index (χ3n) is 4.24. The van der Waals surface area contributed by atoms with Gasteiger partial charge in [0, 0.05) is 30.6 Å². The number of aliphatic imine (C=N–C) groups is 1. The van der Waals surface area contributed by atoms with Crippen LogP contribution in [0, 0.1) is 0 Å². The van der Waals surface area contributed by atoms with Gasteiger partial charge in [-0.2, -0.15) is 0 Å². The maximum atomic E-state index is 12.3. The van der Waals surface area contributed by atoms with Gasteiger partial charge in [-0.15, -0.1) is 0 Å². The summed E-state index contributed by atoms with van der Waals surface area (Å²) in [5, 5.41) is 7.03. The number of benzene rings is 1. The van der Waals surface area contributed by atoms with Gasteiger partial charge < -0.3 is 15.4 Å². The molecule has 10 heteroatoms. The second-order valence-electron chi connectivity index (χ2n) is 6.36. The SMILES string of the molecule is CCOCCCNC(=O)c1ccc(Cl)c(NC2=N[C@@H]3CS(=O)(=O)C[C@H]3S2)c1. The van der Waals surface area contributed by atoms with Crippen molar-refractivity contribution in [3.63, 3.8) is 0 Å². The van der Waals surface area contributed by atoms with Crippen molar-refractivity contribution in [1.29, 1.82) is 0 Å². The van der Waals surface area contributed by atoms with Gasteiger partial charge in [0.1, 0.15) is 0 Å². The largest absolute Gasteiger partial charge is 0.382 e. The number of sulfone groups is 1. The van der Waals surface area contributed by atoms with Gasteiger partial charge >= 0.3 is 0 Å². The molecule has 2 aliphatic rings. The first-order valence-corrected chi connectivity index (χ1v) is 11.8. The number of ether oxygens (including phenoxy) is 1. The zero-order valence-electron chi connectivity index (χ0n) is 14.9. The smallest absolute Gasteiger partial charge is 0.251 e. The van der Waals surface area contributed by atoms with E-state index in [2.05, 4.69) is 15.6 Å². The molecule has 2 atom stereocenters. The van der Waals surface area contributed by atoms with Gasteiger partial charge in [-0.1, -0.05) is 23.4 Å². The van der Waals surface area contributed by atoms with E-state index in [1.807, 2.05) is 6.92 Å². The number of rotatable bonds is 7. The summed E-state index contributed by atoms with van der Waals surface area (Å²) >= 11 is 7.65. The minimum absolute atomic E-state index is 0.0481. The lowest BCUT2D eigenvalue weighted by Gasteiger charge is -2.11. The summed E-state index contributed by atoms with van der Waals surface area (Å²) in [6.45, 7) is 3.74. The molecule has 1 fully saturated rings. The number of anilines is 1. The number of nitrogens with one attached hydrogen (secondary N) is 2. The molecule has 27 heavy (non-hydrogen) atoms. The fourth-order valence-electron chi connectivity index (χ4n) is 2.92. The molecule has 0 aromatic heterocycles. The Morgan fingerprint density at radius 1 is 1.41 bits per heavy atom. The minimum Gasteiger partial charge on any atom is -0.382 e. The molecule has 3 rings (SSSR count). The molecule has 0 spiro atoms. The molecule has 2 aliphatic heterocycles. The molecule has 1 aromatic carbocycles. The molecule has 2 N–H and O–H groups in total. The quantitative estimate of drug-likeness (QED) is 0.642. The molecule has 1 saturated heterocycles. The van der Waals surface area contributed by atoms with Gasteiger partial charge in [-0.05, 0) is 31.5 Å². The van der Waals surface area contributed by atoms with Crippen LogP contribution in [0.5, 0.6) is 0 Å². The third kappa shape index (κ3) is 5.37. The summed E-state index contributed by atoms with van der Waals surface area (Å²) < 4.78 is 28.5. The van der Waals surface area contributed by atoms with E-state index >= 15 is 0 Å². The van der Waals surface area contributed by atoms with Crippen molar-refractivity contribution < 1.29 is 17.9 Å². The molecule has 148 valence electrons. The average molecular weight is 432 g/mol. The molecule has 7 nitrogen and oxygen atoms in total. The predicted octanol–water partition coefficient (Wildman–Crippen LogP) is 2.18. The first-order valence-electron chi connectivity index (χ1n) is 8.75. The van der Waals surface area contributed by atoms with Crippen molar-refractivity contribution in [1.82, 2.24) is 5.32 Å². The topological polar surface area (TPSA) is 96.9 Å². The van der Waals surface area contributed by atoms with E-state index in [0.29, 0.717) is 41.2 Å². The number of hydrogen-bond donors (Lipinski definition) is 2. The number of thioether (sulfide) groups is 1. The van der Waals surface area contributed by atoms with Gasteiger partial charge in [0.05, 0.1) is 28.3 Å². The Morgan fingerprint density at radius 3 is 2.96 bits per heavy atom. The number of hydrogen-bond acceptors (Lipinski definition) is 7. The van der Waals surface area contributed by atoms with Crippen molar-refractivity contribution in [2.75, 3.05) is 36.6 Å². The van der Waals surface area contributed by atoms with E-state index in [9.17, 15) is 13.2 Å². The summed E-state index contributed by atoms with van der Waals surface area (Å²) in [5.74, 6) is 0.0538. The van der Waals surface area contributed by atoms with Crippen LogP contribution in [0.15, 0.2) is 23.2 Å². The van der Waals surface area contributed by atoms with E-state index in [-0.39, 0.29) is 28.7 Å². The number of halogens is 1. The van der Waals surface area contributed by atoms with E-state index in [1.54, 1.807) is 18.2 Å². The maximum absolute atomic E-state index is 12.3. The van der Waals surface area contributed by atoms with Crippen molar-refractivity contribution in [2.45, 2.75) is 24.6 Å². The van der Waals surface area contributed by atoms with Gasteiger partial charge in [0.25, 0.3) is 5.91 Å². The van der Waals surface area contributed by atoms with Crippen LogP contribution in [0.1, 0.15) is 23.7 Å². The van der Waals surface area contributed by atoms with E-state index in [0.717, 1.165) is 6.42 Å². The van der Waals surface area contributed by atoms with E-state index < -0.39 is 9.84 Å². The molecule has 0 bridgehead atoms. The summed E-state index contributed by atoms with van der Waals surface area (Å²) in [7, 11) is -2.99. The number of fused-ring (bicyclic) bond motifs is 1. The molecular weight excluding hydrogens is 410 g/mol. The molecule has 0 saturated carbocycles. The monoisotopic (exact) mass is 431 g/mol. The zero-order chi connectivity index (χ0) is 19.4. The van der Waals surface area contributed by atoms with Gasteiger partial charge in [-0.25, -0.2) is 8.42 Å². The van der Waals surface area contributed by atoms with Crippen LogP contribution < -0.4 is 10.6 Å². The number of carbonyl (C=O) groups excluding carboxylic acids is 1. The van der Waals surface area contributed by atoms with Gasteiger partial charge in [-0.3, -0.25) is 9.79 Å². The summed E-state index contributed by atoms with van der Waals surface area (Å²) in [6, 6.07) is 4.78. The van der Waals surface area contributed by atoms with Gasteiger partial charge in [0.2, 0.25) is 0 Å². The van der Waals surface area contributed by atoms with E-state index in [1.165, 1.54) is 11.8 Å². The van der Waals surface area contributed by atoms with Gasteiger partial charge in [0.15, 0.2) is 15.0 Å². The van der Waals surface area contributed by atoms with E-state index in [4.69, 9.17) is 16.3 Å². The van der Waals surface area contributed by atoms with Crippen molar-refractivity contribution in [3.8, 4) is 0 Å². The number of amides is 1. The Morgan fingerprint density at radius 2 is 2.22 bits per heavy atom. The second kappa shape index (κ2) is 8.81. The lowest BCUT2D eigenvalue weighted by atomic mass is 10.2. The summed E-state index contributed by atoms with van der Waals surface area (Å²) in [5.41, 5.74) is 1.07. The Balaban J connectivity index is 1.60. The minimum atomic E-state index is -2.99. The highest BCUT2D eigenvalue weighted by atomic mass is 35.5. The van der Waals surface area contributed by atoms with Crippen molar-refractivity contribution in [3.05, 3.63) is 28.8 Å². The van der Waals surface area contributed by atoms with Crippen molar-refractivity contribution in [2.24, 2.45) is 4.99 Å². The van der Waals surface area contributed by atoms with Crippen molar-refractivity contribution >= 4 is 50.0 Å². The predicted molar refractivity (Wildman–Crippen MR) is 110 cm³/mol. The molecule has 0 unspecified atom stereocenters. The Hall–Kier alpha value is -1.29. The second-order valence-corrected chi connectivity index (χ2v) is 10.1. The molecule has 1 amide bonds.